The average Bonchev–Trinajstić information content (AvgIpc) is 2.99. The third kappa shape index (κ3) is 10.6. The number of hydrogen-bond donors (Lipinski definition) is 4. The number of nitrogens with one attached hydrogen (secondary N) is 3. The molecule has 1 aliphatic carbocycles. The highest BCUT2D eigenvalue weighted by molar-refractivity contribution is 7.92. The number of carbonyl (C=O) groups is 2. The average molecular weight is 686 g/mol. The van der Waals surface area contributed by atoms with E-state index in [1.807, 2.05) is 51.1 Å². The van der Waals surface area contributed by atoms with Crippen molar-refractivity contribution >= 4 is 42.4 Å². The molecule has 256 valence electrons. The van der Waals surface area contributed by atoms with Gasteiger partial charge in [0.15, 0.2) is 9.84 Å². The maximum atomic E-state index is 13.8. The molecule has 5 atom stereocenters. The molecule has 3 aromatic carbocycles. The third-order valence-electron chi connectivity index (χ3n) is 8.52. The molecule has 1 fully saturated rings. The lowest BCUT2D eigenvalue weighted by molar-refractivity contribution is -0.130. The number of rotatable bonds is 13. The second-order valence-corrected chi connectivity index (χ2v) is 17.5. The van der Waals surface area contributed by atoms with E-state index < -0.39 is 55.2 Å². The lowest BCUT2D eigenvalue weighted by atomic mass is 9.74. The quantitative estimate of drug-likeness (QED) is 0.214. The van der Waals surface area contributed by atoms with E-state index in [9.17, 15) is 31.5 Å². The minimum Gasteiger partial charge on any atom is -0.391 e. The summed E-state index contributed by atoms with van der Waals surface area (Å²) in [6.45, 7) is 5.76. The molecule has 2 unspecified atom stereocenters. The van der Waals surface area contributed by atoms with E-state index in [1.165, 1.54) is 6.07 Å². The first-order valence-electron chi connectivity index (χ1n) is 16.0. The smallest absolute Gasteiger partial charge is 0.239 e. The van der Waals surface area contributed by atoms with E-state index in [0.717, 1.165) is 31.1 Å². The van der Waals surface area contributed by atoms with Crippen molar-refractivity contribution in [3.63, 3.8) is 0 Å². The van der Waals surface area contributed by atoms with Crippen LogP contribution < -0.4 is 15.4 Å². The van der Waals surface area contributed by atoms with Crippen molar-refractivity contribution in [3.8, 4) is 0 Å². The van der Waals surface area contributed by atoms with Gasteiger partial charge in [-0.2, -0.15) is 0 Å². The van der Waals surface area contributed by atoms with Crippen LogP contribution >= 0.6 is 0 Å². The summed E-state index contributed by atoms with van der Waals surface area (Å²) in [6.07, 6.45) is 3.47. The van der Waals surface area contributed by atoms with Gasteiger partial charge in [0, 0.05) is 16.8 Å². The number of carbonyl (C=O) groups excluding carboxylic acids is 2. The highest BCUT2D eigenvalue weighted by Crippen LogP contribution is 2.34. The first-order valence-corrected chi connectivity index (χ1v) is 19.6. The van der Waals surface area contributed by atoms with Crippen LogP contribution in [0.3, 0.4) is 0 Å². The first-order chi connectivity index (χ1) is 22.0. The lowest BCUT2D eigenvalue weighted by Crippen LogP contribution is -2.55. The summed E-state index contributed by atoms with van der Waals surface area (Å²) in [4.78, 5) is 27.0. The second-order valence-electron chi connectivity index (χ2n) is 13.7. The maximum Gasteiger partial charge on any atom is 0.239 e. The molecule has 0 spiro atoms. The second kappa shape index (κ2) is 15.3. The van der Waals surface area contributed by atoms with E-state index in [4.69, 9.17) is 0 Å². The Morgan fingerprint density at radius 1 is 0.894 bits per heavy atom. The Morgan fingerprint density at radius 3 is 2.21 bits per heavy atom. The van der Waals surface area contributed by atoms with Gasteiger partial charge in [-0.05, 0) is 69.4 Å². The summed E-state index contributed by atoms with van der Waals surface area (Å²) in [5, 5.41) is 18.6. The van der Waals surface area contributed by atoms with Crippen molar-refractivity contribution in [2.45, 2.75) is 87.9 Å². The fourth-order valence-corrected chi connectivity index (χ4v) is 8.88. The normalized spacial score (nSPS) is 19.4. The van der Waals surface area contributed by atoms with Crippen molar-refractivity contribution in [1.82, 2.24) is 15.4 Å². The summed E-state index contributed by atoms with van der Waals surface area (Å²) >= 11 is 0. The van der Waals surface area contributed by atoms with Gasteiger partial charge < -0.3 is 15.7 Å². The van der Waals surface area contributed by atoms with Crippen LogP contribution in [-0.4, -0.2) is 69.5 Å². The Labute approximate surface area is 278 Å². The molecule has 0 radical (unpaired) electrons. The Morgan fingerprint density at radius 2 is 1.53 bits per heavy atom. The van der Waals surface area contributed by atoms with Crippen LogP contribution in [-0.2, 0) is 35.9 Å². The van der Waals surface area contributed by atoms with E-state index in [0.29, 0.717) is 17.2 Å². The molecular formula is C35H47N3O7S2. The third-order valence-corrected chi connectivity index (χ3v) is 11.0. The number of sulfonamides is 1. The molecule has 10 nitrogen and oxygen atoms in total. The Balaban J connectivity index is 1.60. The molecule has 1 aliphatic rings. The van der Waals surface area contributed by atoms with Crippen LogP contribution in [0.5, 0.6) is 0 Å². The summed E-state index contributed by atoms with van der Waals surface area (Å²) in [6, 6.07) is 18.4. The molecule has 4 N–H and O–H groups in total. The van der Waals surface area contributed by atoms with E-state index >= 15 is 0 Å². The molecule has 3 aromatic rings. The summed E-state index contributed by atoms with van der Waals surface area (Å²) in [5.41, 5.74) is 0.411. The van der Waals surface area contributed by atoms with Crippen LogP contribution in [0.2, 0.25) is 0 Å². The van der Waals surface area contributed by atoms with Crippen LogP contribution in [0.25, 0.3) is 10.8 Å². The van der Waals surface area contributed by atoms with Crippen LogP contribution in [0.15, 0.2) is 77.7 Å². The number of fused-ring (bicyclic) bond motifs is 1. The molecule has 0 bridgehead atoms. The van der Waals surface area contributed by atoms with Crippen LogP contribution in [0.1, 0.15) is 58.4 Å². The molecule has 0 aliphatic heterocycles. The number of hydrogen-bond acceptors (Lipinski definition) is 7. The van der Waals surface area contributed by atoms with Crippen LogP contribution in [0, 0.1) is 11.8 Å². The molecule has 0 saturated heterocycles. The molecule has 12 heteroatoms. The zero-order valence-electron chi connectivity index (χ0n) is 27.5. The van der Waals surface area contributed by atoms with E-state index in [1.54, 1.807) is 36.4 Å². The highest BCUT2D eigenvalue weighted by Gasteiger charge is 2.37. The fraction of sp³-hybridized carbons (Fsp3) is 0.486. The first kappa shape index (κ1) is 36.5. The van der Waals surface area contributed by atoms with Gasteiger partial charge in [-0.15, -0.1) is 0 Å². The molecular weight excluding hydrogens is 639 g/mol. The van der Waals surface area contributed by atoms with Gasteiger partial charge >= 0.3 is 0 Å². The molecule has 0 heterocycles. The van der Waals surface area contributed by atoms with Gasteiger partial charge in [-0.1, -0.05) is 79.6 Å². The standard InChI is InChI=1S/C35H47N3O7S2/c1-35(2,3)37-33(40)28-19-11-9-16-26(28)22-31(39)29(21-24-13-6-5-7-14-24)36-34(41)30(38-46(4,42)43)23-47(44,45)32-20-12-17-25-15-8-10-18-27(25)32/h5-8,10,12-15,17-18,20,26,28-31,38-39H,9,11,16,19,21-23H2,1-4H3,(H,36,41)(H,37,40)/t26?,28?,29-,30+,31+/m0/s1. The van der Waals surface area contributed by atoms with Gasteiger partial charge in [0.2, 0.25) is 21.8 Å². The molecule has 1 saturated carbocycles. The fourth-order valence-electron chi connectivity index (χ4n) is 6.40. The summed E-state index contributed by atoms with van der Waals surface area (Å²) < 4.78 is 54.4. The monoisotopic (exact) mass is 685 g/mol. The molecule has 2 amide bonds. The van der Waals surface area contributed by atoms with Gasteiger partial charge in [0.05, 0.1) is 29.0 Å². The number of aliphatic hydroxyl groups is 1. The van der Waals surface area contributed by atoms with Gasteiger partial charge in [0.25, 0.3) is 0 Å². The predicted octanol–water partition coefficient (Wildman–Crippen LogP) is 3.73. The number of aliphatic hydroxyl groups excluding tert-OH is 1. The van der Waals surface area contributed by atoms with Crippen molar-refractivity contribution < 1.29 is 31.5 Å². The number of amides is 2. The zero-order valence-corrected chi connectivity index (χ0v) is 29.1. The number of sulfone groups is 1. The number of benzene rings is 3. The Hall–Kier alpha value is -3.32. The molecule has 47 heavy (non-hydrogen) atoms. The van der Waals surface area contributed by atoms with Gasteiger partial charge in [-0.3, -0.25) is 9.59 Å². The Kier molecular flexibility index (Phi) is 11.9. The maximum absolute atomic E-state index is 13.8. The minimum absolute atomic E-state index is 0.0126. The largest absolute Gasteiger partial charge is 0.391 e. The minimum atomic E-state index is -4.17. The van der Waals surface area contributed by atoms with Gasteiger partial charge in [-0.25, -0.2) is 21.6 Å². The topological polar surface area (TPSA) is 159 Å². The SMILES string of the molecule is CC(C)(C)NC(=O)C1CCCCC1C[C@@H](O)[C@H](Cc1ccccc1)NC(=O)[C@@H](CS(=O)(=O)c1cccc2ccccc12)NS(C)(=O)=O. The highest BCUT2D eigenvalue weighted by atomic mass is 32.2. The molecule has 0 aromatic heterocycles. The molecule has 4 rings (SSSR count). The van der Waals surface area contributed by atoms with Crippen molar-refractivity contribution in [2.24, 2.45) is 11.8 Å². The van der Waals surface area contributed by atoms with Crippen molar-refractivity contribution in [1.29, 1.82) is 0 Å². The zero-order chi connectivity index (χ0) is 34.4. The summed E-state index contributed by atoms with van der Waals surface area (Å²) in [5.74, 6) is -2.19. The van der Waals surface area contributed by atoms with Crippen LogP contribution in [0.4, 0.5) is 0 Å². The Bertz CT molecular complexity index is 1750. The lowest BCUT2D eigenvalue weighted by Gasteiger charge is -2.36. The van der Waals surface area contributed by atoms with Gasteiger partial charge in [0.1, 0.15) is 6.04 Å². The van der Waals surface area contributed by atoms with E-state index in [2.05, 4.69) is 15.4 Å². The van der Waals surface area contributed by atoms with Crippen molar-refractivity contribution in [3.05, 3.63) is 78.4 Å². The predicted molar refractivity (Wildman–Crippen MR) is 184 cm³/mol. The van der Waals surface area contributed by atoms with E-state index in [-0.39, 0.29) is 35.5 Å². The van der Waals surface area contributed by atoms with Crippen molar-refractivity contribution in [2.75, 3.05) is 12.0 Å². The summed E-state index contributed by atoms with van der Waals surface area (Å²) in [7, 11) is -8.18.